The lowest BCUT2D eigenvalue weighted by molar-refractivity contribution is 0.445. The van der Waals surface area contributed by atoms with E-state index in [1.54, 1.807) is 0 Å². The van der Waals surface area contributed by atoms with Crippen LogP contribution < -0.4 is 0 Å². The molecule has 1 heteroatoms. The molecule has 1 aliphatic rings. The van der Waals surface area contributed by atoms with Crippen molar-refractivity contribution in [1.82, 2.24) is 4.98 Å². The molecule has 1 nitrogen and oxygen atoms in total. The van der Waals surface area contributed by atoms with Crippen LogP contribution in [-0.4, -0.2) is 4.98 Å². The lowest BCUT2D eigenvalue weighted by Crippen LogP contribution is -2.05. The smallest absolute Gasteiger partial charge is 0.0712 e. The molecular weight excluding hydrogens is 290 g/mol. The molecule has 1 fully saturated rings. The zero-order valence-corrected chi connectivity index (χ0v) is 14.7. The van der Waals surface area contributed by atoms with Crippen LogP contribution in [0.5, 0.6) is 0 Å². The zero-order valence-electron chi connectivity index (χ0n) is 14.7. The van der Waals surface area contributed by atoms with E-state index in [1.807, 2.05) is 0 Å². The molecule has 1 aromatic heterocycles. The summed E-state index contributed by atoms with van der Waals surface area (Å²) in [6, 6.07) is 17.8. The lowest BCUT2D eigenvalue weighted by Gasteiger charge is -2.23. The van der Waals surface area contributed by atoms with E-state index in [2.05, 4.69) is 62.4 Å². The van der Waals surface area contributed by atoms with Gasteiger partial charge in [0.25, 0.3) is 0 Å². The van der Waals surface area contributed by atoms with Gasteiger partial charge in [0.1, 0.15) is 0 Å². The molecule has 0 spiro atoms. The number of aryl methyl sites for hydroxylation is 2. The Kier molecular flexibility index (Phi) is 4.10. The van der Waals surface area contributed by atoms with Crippen molar-refractivity contribution in [1.29, 1.82) is 0 Å². The summed E-state index contributed by atoms with van der Waals surface area (Å²) >= 11 is 0. The molecular formula is C23H25N. The fourth-order valence-electron chi connectivity index (χ4n) is 4.23. The predicted molar refractivity (Wildman–Crippen MR) is 102 cm³/mol. The van der Waals surface area contributed by atoms with Gasteiger partial charge in [0.05, 0.1) is 11.2 Å². The fourth-order valence-corrected chi connectivity index (χ4v) is 4.23. The minimum Gasteiger partial charge on any atom is -0.248 e. The number of hydrogen-bond donors (Lipinski definition) is 0. The van der Waals surface area contributed by atoms with Gasteiger partial charge in [-0.25, -0.2) is 4.98 Å². The van der Waals surface area contributed by atoms with E-state index in [-0.39, 0.29) is 0 Å². The number of aromatic nitrogens is 1. The van der Waals surface area contributed by atoms with Gasteiger partial charge in [-0.3, -0.25) is 0 Å². The Balaban J connectivity index is 1.79. The van der Waals surface area contributed by atoms with Crippen LogP contribution in [0, 0.1) is 13.8 Å². The molecule has 1 aliphatic carbocycles. The Hall–Kier alpha value is -2.15. The van der Waals surface area contributed by atoms with Gasteiger partial charge in [0.2, 0.25) is 0 Å². The summed E-state index contributed by atoms with van der Waals surface area (Å²) in [5, 5.41) is 1.34. The van der Waals surface area contributed by atoms with Gasteiger partial charge in [-0.05, 0) is 62.4 Å². The van der Waals surface area contributed by atoms with Crippen LogP contribution in [0.1, 0.15) is 54.7 Å². The van der Waals surface area contributed by atoms with E-state index in [1.165, 1.54) is 59.7 Å². The molecule has 0 unspecified atom stereocenters. The minimum absolute atomic E-state index is 0.719. The molecule has 1 saturated carbocycles. The molecule has 122 valence electrons. The second-order valence-electron chi connectivity index (χ2n) is 7.32. The average Bonchev–Trinajstić information content (AvgIpc) is 2.60. The van der Waals surface area contributed by atoms with Crippen molar-refractivity contribution in [3.8, 4) is 11.3 Å². The highest BCUT2D eigenvalue weighted by Gasteiger charge is 2.18. The van der Waals surface area contributed by atoms with Gasteiger partial charge in [-0.1, -0.05) is 54.7 Å². The van der Waals surface area contributed by atoms with Gasteiger partial charge in [0.15, 0.2) is 0 Å². The van der Waals surface area contributed by atoms with Crippen LogP contribution in [0.25, 0.3) is 22.2 Å². The molecule has 24 heavy (non-hydrogen) atoms. The van der Waals surface area contributed by atoms with Crippen molar-refractivity contribution in [3.05, 3.63) is 65.2 Å². The lowest BCUT2D eigenvalue weighted by atomic mass is 9.82. The first-order valence-corrected chi connectivity index (χ1v) is 9.19. The molecule has 2 aromatic carbocycles. The topological polar surface area (TPSA) is 12.9 Å². The molecule has 3 aromatic rings. The number of hydrogen-bond acceptors (Lipinski definition) is 1. The third-order valence-electron chi connectivity index (χ3n) is 5.33. The normalized spacial score (nSPS) is 15.8. The Bertz CT molecular complexity index is 852. The highest BCUT2D eigenvalue weighted by Crippen LogP contribution is 2.36. The zero-order chi connectivity index (χ0) is 16.5. The number of fused-ring (bicyclic) bond motifs is 1. The van der Waals surface area contributed by atoms with Crippen molar-refractivity contribution in [2.75, 3.05) is 0 Å². The second-order valence-corrected chi connectivity index (χ2v) is 7.32. The van der Waals surface area contributed by atoms with E-state index >= 15 is 0 Å². The maximum absolute atomic E-state index is 4.98. The number of rotatable bonds is 2. The molecule has 0 N–H and O–H groups in total. The third kappa shape index (κ3) is 2.96. The second kappa shape index (κ2) is 6.39. The summed E-state index contributed by atoms with van der Waals surface area (Å²) in [6.45, 7) is 4.30. The molecule has 0 saturated heterocycles. The summed E-state index contributed by atoms with van der Waals surface area (Å²) < 4.78 is 0. The summed E-state index contributed by atoms with van der Waals surface area (Å²) in [7, 11) is 0. The first-order valence-electron chi connectivity index (χ1n) is 9.19. The maximum atomic E-state index is 4.98. The van der Waals surface area contributed by atoms with Gasteiger partial charge < -0.3 is 0 Å². The van der Waals surface area contributed by atoms with Crippen LogP contribution in [0.2, 0.25) is 0 Å². The van der Waals surface area contributed by atoms with Crippen molar-refractivity contribution in [2.24, 2.45) is 0 Å². The summed E-state index contributed by atoms with van der Waals surface area (Å²) in [4.78, 5) is 4.98. The number of benzene rings is 2. The molecule has 1 heterocycles. The molecule has 0 radical (unpaired) electrons. The standard InChI is InChI=1S/C23H25N/c1-16-13-17(2)15-19(14-16)22-12-11-21-20(9-6-10-23(21)24-22)18-7-4-3-5-8-18/h6,9-15,18H,3-5,7-8H2,1-2H3. The fraction of sp³-hybridized carbons (Fsp3) is 0.348. The highest BCUT2D eigenvalue weighted by atomic mass is 14.7. The first-order chi connectivity index (χ1) is 11.7. The molecule has 0 atom stereocenters. The van der Waals surface area contributed by atoms with Crippen molar-refractivity contribution >= 4 is 10.9 Å². The average molecular weight is 315 g/mol. The van der Waals surface area contributed by atoms with Crippen molar-refractivity contribution < 1.29 is 0 Å². The van der Waals surface area contributed by atoms with Crippen LogP contribution >= 0.6 is 0 Å². The quantitative estimate of drug-likeness (QED) is 0.521. The van der Waals surface area contributed by atoms with E-state index in [4.69, 9.17) is 4.98 Å². The van der Waals surface area contributed by atoms with Crippen LogP contribution in [0.15, 0.2) is 48.5 Å². The van der Waals surface area contributed by atoms with Gasteiger partial charge in [0, 0.05) is 10.9 Å². The maximum Gasteiger partial charge on any atom is 0.0712 e. The van der Waals surface area contributed by atoms with Gasteiger partial charge >= 0.3 is 0 Å². The SMILES string of the molecule is Cc1cc(C)cc(-c2ccc3c(C4CCCCC4)cccc3n2)c1. The van der Waals surface area contributed by atoms with Crippen molar-refractivity contribution in [2.45, 2.75) is 51.9 Å². The Morgan fingerprint density at radius 1 is 0.833 bits per heavy atom. The number of nitrogens with zero attached hydrogens (tertiary/aromatic N) is 1. The molecule has 4 rings (SSSR count). The highest BCUT2D eigenvalue weighted by molar-refractivity contribution is 5.85. The largest absolute Gasteiger partial charge is 0.248 e. The first kappa shape index (κ1) is 15.4. The van der Waals surface area contributed by atoms with Crippen LogP contribution in [-0.2, 0) is 0 Å². The Morgan fingerprint density at radius 3 is 2.33 bits per heavy atom. The number of pyridine rings is 1. The van der Waals surface area contributed by atoms with Crippen molar-refractivity contribution in [3.63, 3.8) is 0 Å². The van der Waals surface area contributed by atoms with Crippen LogP contribution in [0.3, 0.4) is 0 Å². The molecule has 0 amide bonds. The van der Waals surface area contributed by atoms with E-state index in [0.717, 1.165) is 17.1 Å². The monoisotopic (exact) mass is 315 g/mol. The predicted octanol–water partition coefficient (Wildman–Crippen LogP) is 6.57. The molecule has 0 aliphatic heterocycles. The van der Waals surface area contributed by atoms with Crippen LogP contribution in [0.4, 0.5) is 0 Å². The van der Waals surface area contributed by atoms with E-state index < -0.39 is 0 Å². The minimum atomic E-state index is 0.719. The summed E-state index contributed by atoms with van der Waals surface area (Å²) in [6.07, 6.45) is 6.80. The Morgan fingerprint density at radius 2 is 1.58 bits per heavy atom. The van der Waals surface area contributed by atoms with E-state index in [9.17, 15) is 0 Å². The Labute approximate surface area is 144 Å². The van der Waals surface area contributed by atoms with E-state index in [0.29, 0.717) is 0 Å². The summed E-state index contributed by atoms with van der Waals surface area (Å²) in [5.41, 5.74) is 7.53. The summed E-state index contributed by atoms with van der Waals surface area (Å²) in [5.74, 6) is 0.719. The van der Waals surface area contributed by atoms with Gasteiger partial charge in [-0.2, -0.15) is 0 Å². The van der Waals surface area contributed by atoms with Gasteiger partial charge in [-0.15, -0.1) is 0 Å². The molecule has 0 bridgehead atoms. The third-order valence-corrected chi connectivity index (χ3v) is 5.33.